The normalized spacial score (nSPS) is 42.3. The Labute approximate surface area is 73.8 Å². The summed E-state index contributed by atoms with van der Waals surface area (Å²) in [5, 5.41) is 0. The van der Waals surface area contributed by atoms with Gasteiger partial charge in [0.25, 0.3) is 0 Å². The van der Waals surface area contributed by atoms with E-state index in [1.54, 1.807) is 4.31 Å². The van der Waals surface area contributed by atoms with Gasteiger partial charge in [-0.15, -0.1) is 0 Å². The smallest absolute Gasteiger partial charge is 0.211 e. The lowest BCUT2D eigenvalue weighted by Gasteiger charge is -2.28. The highest BCUT2D eigenvalue weighted by Crippen LogP contribution is 2.42. The van der Waals surface area contributed by atoms with Gasteiger partial charge >= 0.3 is 0 Å². The van der Waals surface area contributed by atoms with Gasteiger partial charge in [-0.3, -0.25) is 0 Å². The molecule has 3 unspecified atom stereocenters. The van der Waals surface area contributed by atoms with E-state index in [0.717, 1.165) is 13.0 Å². The van der Waals surface area contributed by atoms with Crippen molar-refractivity contribution < 1.29 is 8.42 Å². The minimum absolute atomic E-state index is 0.310. The van der Waals surface area contributed by atoms with Crippen LogP contribution >= 0.6 is 0 Å². The second-order valence-corrected chi connectivity index (χ2v) is 6.15. The Bertz CT molecular complexity index is 285. The maximum Gasteiger partial charge on any atom is 0.211 e. The lowest BCUT2D eigenvalue weighted by molar-refractivity contribution is 0.267. The van der Waals surface area contributed by atoms with Gasteiger partial charge in [0.2, 0.25) is 10.0 Å². The minimum atomic E-state index is -2.93. The molecule has 70 valence electrons. The Balaban J connectivity index is 2.23. The average Bonchev–Trinajstić information content (AvgIpc) is 2.41. The first-order valence-corrected chi connectivity index (χ1v) is 6.30. The molecule has 1 saturated carbocycles. The van der Waals surface area contributed by atoms with E-state index < -0.39 is 10.0 Å². The summed E-state index contributed by atoms with van der Waals surface area (Å²) in [6, 6.07) is 0.310. The molecule has 4 heteroatoms. The zero-order valence-electron chi connectivity index (χ0n) is 7.53. The number of rotatable bonds is 1. The molecule has 0 aromatic rings. The van der Waals surface area contributed by atoms with Gasteiger partial charge in [0.1, 0.15) is 0 Å². The van der Waals surface area contributed by atoms with E-state index in [9.17, 15) is 8.42 Å². The van der Waals surface area contributed by atoms with Crippen molar-refractivity contribution in [3.8, 4) is 0 Å². The van der Waals surface area contributed by atoms with Gasteiger partial charge in [-0.25, -0.2) is 8.42 Å². The molecular weight excluding hydrogens is 174 g/mol. The summed E-state index contributed by atoms with van der Waals surface area (Å²) in [6.07, 6.45) is 3.63. The molecule has 1 heterocycles. The second kappa shape index (κ2) is 2.45. The van der Waals surface area contributed by atoms with Crippen LogP contribution in [0.15, 0.2) is 0 Å². The molecule has 2 bridgehead atoms. The van der Waals surface area contributed by atoms with E-state index in [1.165, 1.54) is 12.7 Å². The van der Waals surface area contributed by atoms with Gasteiger partial charge in [-0.2, -0.15) is 4.31 Å². The largest absolute Gasteiger partial charge is 0.212 e. The number of hydrogen-bond donors (Lipinski definition) is 0. The van der Waals surface area contributed by atoms with Gasteiger partial charge < -0.3 is 0 Å². The van der Waals surface area contributed by atoms with Crippen molar-refractivity contribution in [1.29, 1.82) is 0 Å². The number of fused-ring (bicyclic) bond motifs is 2. The first kappa shape index (κ1) is 8.51. The van der Waals surface area contributed by atoms with Gasteiger partial charge in [0.15, 0.2) is 0 Å². The first-order chi connectivity index (χ1) is 5.48. The standard InChI is InChI=1S/C8H15NO2S/c1-6-3-7-4-8(6)9(5-7)12(2,10)11/h6-8H,3-5H2,1-2H3. The molecule has 0 aromatic heterocycles. The summed E-state index contributed by atoms with van der Waals surface area (Å²) in [4.78, 5) is 0. The Hall–Kier alpha value is -0.0900. The fourth-order valence-electron chi connectivity index (χ4n) is 2.67. The van der Waals surface area contributed by atoms with Crippen molar-refractivity contribution in [2.45, 2.75) is 25.8 Å². The van der Waals surface area contributed by atoms with Crippen LogP contribution in [0.4, 0.5) is 0 Å². The highest BCUT2D eigenvalue weighted by atomic mass is 32.2. The van der Waals surface area contributed by atoms with E-state index in [4.69, 9.17) is 0 Å². The van der Waals surface area contributed by atoms with Crippen LogP contribution in [0.2, 0.25) is 0 Å². The third kappa shape index (κ3) is 1.17. The Morgan fingerprint density at radius 3 is 2.33 bits per heavy atom. The molecule has 2 rings (SSSR count). The van der Waals surface area contributed by atoms with E-state index in [1.807, 2.05) is 0 Å². The van der Waals surface area contributed by atoms with Crippen molar-refractivity contribution in [2.24, 2.45) is 11.8 Å². The van der Waals surface area contributed by atoms with Crippen LogP contribution in [0.5, 0.6) is 0 Å². The van der Waals surface area contributed by atoms with Crippen molar-refractivity contribution in [3.63, 3.8) is 0 Å². The lowest BCUT2D eigenvalue weighted by atomic mass is 10.0. The summed E-state index contributed by atoms with van der Waals surface area (Å²) in [7, 11) is -2.93. The van der Waals surface area contributed by atoms with Gasteiger partial charge in [-0.1, -0.05) is 6.92 Å². The topological polar surface area (TPSA) is 37.4 Å². The van der Waals surface area contributed by atoms with E-state index >= 15 is 0 Å². The maximum absolute atomic E-state index is 11.3. The van der Waals surface area contributed by atoms with Crippen LogP contribution in [0, 0.1) is 11.8 Å². The monoisotopic (exact) mass is 189 g/mol. The number of sulfonamides is 1. The van der Waals surface area contributed by atoms with Crippen molar-refractivity contribution in [3.05, 3.63) is 0 Å². The van der Waals surface area contributed by atoms with E-state index in [2.05, 4.69) is 6.92 Å². The van der Waals surface area contributed by atoms with Crippen LogP contribution < -0.4 is 0 Å². The molecule has 1 saturated heterocycles. The first-order valence-electron chi connectivity index (χ1n) is 4.45. The Kier molecular flexibility index (Phi) is 1.74. The molecule has 0 spiro atoms. The Morgan fingerprint density at radius 2 is 2.00 bits per heavy atom. The van der Waals surface area contributed by atoms with Crippen LogP contribution in [-0.2, 0) is 10.0 Å². The summed E-state index contributed by atoms with van der Waals surface area (Å²) < 4.78 is 24.3. The predicted octanol–water partition coefficient (Wildman–Crippen LogP) is 0.676. The quantitative estimate of drug-likeness (QED) is 0.608. The molecule has 12 heavy (non-hydrogen) atoms. The fourth-order valence-corrected chi connectivity index (χ4v) is 3.94. The van der Waals surface area contributed by atoms with E-state index in [-0.39, 0.29) is 0 Å². The molecule has 1 aliphatic heterocycles. The zero-order chi connectivity index (χ0) is 8.93. The third-order valence-electron chi connectivity index (χ3n) is 3.17. The molecule has 0 amide bonds. The van der Waals surface area contributed by atoms with Crippen molar-refractivity contribution in [2.75, 3.05) is 12.8 Å². The molecule has 2 aliphatic rings. The molecule has 2 fully saturated rings. The summed E-state index contributed by atoms with van der Waals surface area (Å²) >= 11 is 0. The molecular formula is C8H15NO2S. The number of nitrogens with zero attached hydrogens (tertiary/aromatic N) is 1. The third-order valence-corrected chi connectivity index (χ3v) is 4.44. The van der Waals surface area contributed by atoms with Crippen LogP contribution in [0.3, 0.4) is 0 Å². The number of piperidine rings is 1. The summed E-state index contributed by atoms with van der Waals surface area (Å²) in [6.45, 7) is 2.93. The molecule has 0 radical (unpaired) electrons. The van der Waals surface area contributed by atoms with Gasteiger partial charge in [-0.05, 0) is 24.7 Å². The number of hydrogen-bond acceptors (Lipinski definition) is 2. The maximum atomic E-state index is 11.3. The van der Waals surface area contributed by atoms with Crippen LogP contribution in [0.1, 0.15) is 19.8 Å². The molecule has 3 nitrogen and oxygen atoms in total. The van der Waals surface area contributed by atoms with Crippen LogP contribution in [-0.4, -0.2) is 31.6 Å². The fraction of sp³-hybridized carbons (Fsp3) is 1.00. The lowest BCUT2D eigenvalue weighted by Crippen LogP contribution is -2.40. The minimum Gasteiger partial charge on any atom is -0.212 e. The summed E-state index contributed by atoms with van der Waals surface area (Å²) in [5.74, 6) is 1.21. The summed E-state index contributed by atoms with van der Waals surface area (Å²) in [5.41, 5.74) is 0. The molecule has 0 aromatic carbocycles. The van der Waals surface area contributed by atoms with Crippen molar-refractivity contribution >= 4 is 10.0 Å². The average molecular weight is 189 g/mol. The predicted molar refractivity (Wildman–Crippen MR) is 47.2 cm³/mol. The van der Waals surface area contributed by atoms with Crippen LogP contribution in [0.25, 0.3) is 0 Å². The zero-order valence-corrected chi connectivity index (χ0v) is 8.34. The van der Waals surface area contributed by atoms with E-state index in [0.29, 0.717) is 17.9 Å². The molecule has 1 aliphatic carbocycles. The van der Waals surface area contributed by atoms with Gasteiger partial charge in [0.05, 0.1) is 6.26 Å². The SMILES string of the molecule is CC1CC2CC1N(S(C)(=O)=O)C2. The second-order valence-electron chi connectivity index (χ2n) is 4.21. The van der Waals surface area contributed by atoms with Crippen molar-refractivity contribution in [1.82, 2.24) is 4.31 Å². The molecule has 3 atom stereocenters. The molecule has 0 N–H and O–H groups in total. The highest BCUT2D eigenvalue weighted by Gasteiger charge is 2.46. The highest BCUT2D eigenvalue weighted by molar-refractivity contribution is 7.88. The Morgan fingerprint density at radius 1 is 1.33 bits per heavy atom. The van der Waals surface area contributed by atoms with Gasteiger partial charge in [0, 0.05) is 12.6 Å².